The Kier molecular flexibility index (Phi) is 2.91. The van der Waals surface area contributed by atoms with Gasteiger partial charge in [0.15, 0.2) is 0 Å². The molecule has 0 radical (unpaired) electrons. The van der Waals surface area contributed by atoms with Gasteiger partial charge in [0.1, 0.15) is 5.75 Å². The van der Waals surface area contributed by atoms with Gasteiger partial charge in [0, 0.05) is 21.2 Å². The van der Waals surface area contributed by atoms with Crippen LogP contribution in [0.1, 0.15) is 0 Å². The van der Waals surface area contributed by atoms with Crippen LogP contribution in [0.2, 0.25) is 0 Å². The zero-order chi connectivity index (χ0) is 16.1. The van der Waals surface area contributed by atoms with Gasteiger partial charge in [0.05, 0.1) is 22.8 Å². The zero-order valence-corrected chi connectivity index (χ0v) is 14.0. The van der Waals surface area contributed by atoms with Crippen molar-refractivity contribution in [2.24, 2.45) is 0 Å². The van der Waals surface area contributed by atoms with Crippen LogP contribution in [0.3, 0.4) is 0 Å². The van der Waals surface area contributed by atoms with E-state index >= 15 is 0 Å². The zero-order valence-electron chi connectivity index (χ0n) is 13.2. The molecule has 0 N–H and O–H groups in total. The van der Waals surface area contributed by atoms with Gasteiger partial charge in [-0.1, -0.05) is 36.4 Å². The van der Waals surface area contributed by atoms with Crippen molar-refractivity contribution in [2.45, 2.75) is 0 Å². The van der Waals surface area contributed by atoms with Crippen molar-refractivity contribution < 1.29 is 4.74 Å². The Morgan fingerprint density at radius 1 is 0.792 bits per heavy atom. The van der Waals surface area contributed by atoms with E-state index in [1.807, 2.05) is 23.5 Å². The van der Waals surface area contributed by atoms with Gasteiger partial charge < -0.3 is 9.30 Å². The minimum atomic E-state index is 0.877. The number of thiophene rings is 1. The Morgan fingerprint density at radius 3 is 2.29 bits per heavy atom. The topological polar surface area (TPSA) is 14.2 Å². The van der Waals surface area contributed by atoms with Crippen molar-refractivity contribution >= 4 is 42.5 Å². The van der Waals surface area contributed by atoms with Gasteiger partial charge in [0.25, 0.3) is 0 Å². The monoisotopic (exact) mass is 329 g/mol. The number of para-hydroxylation sites is 1. The highest BCUT2D eigenvalue weighted by Gasteiger charge is 2.16. The van der Waals surface area contributed by atoms with Crippen LogP contribution in [0, 0.1) is 0 Å². The molecule has 0 spiro atoms. The maximum absolute atomic E-state index is 5.31. The minimum absolute atomic E-state index is 0.877. The summed E-state index contributed by atoms with van der Waals surface area (Å²) in [5.74, 6) is 0.877. The van der Waals surface area contributed by atoms with Crippen molar-refractivity contribution in [3.8, 4) is 11.4 Å². The van der Waals surface area contributed by atoms with Crippen molar-refractivity contribution in [1.29, 1.82) is 0 Å². The summed E-state index contributed by atoms with van der Waals surface area (Å²) in [6.07, 6.45) is 0. The highest BCUT2D eigenvalue weighted by molar-refractivity contribution is 7.26. The van der Waals surface area contributed by atoms with Crippen molar-refractivity contribution in [3.05, 3.63) is 72.8 Å². The molecule has 5 rings (SSSR count). The summed E-state index contributed by atoms with van der Waals surface area (Å²) in [5, 5.41) is 2.62. The second kappa shape index (κ2) is 5.11. The number of nitrogens with zero attached hydrogens (tertiary/aromatic N) is 1. The van der Waals surface area contributed by atoms with Crippen LogP contribution in [-0.4, -0.2) is 11.7 Å². The van der Waals surface area contributed by atoms with Crippen LogP contribution in [-0.2, 0) is 0 Å². The molecule has 116 valence electrons. The first-order valence-corrected chi connectivity index (χ1v) is 8.73. The summed E-state index contributed by atoms with van der Waals surface area (Å²) in [6, 6.07) is 25.6. The van der Waals surface area contributed by atoms with E-state index in [1.54, 1.807) is 7.11 Å². The van der Waals surface area contributed by atoms with Gasteiger partial charge in [-0.2, -0.15) is 0 Å². The van der Waals surface area contributed by atoms with E-state index in [4.69, 9.17) is 4.74 Å². The SMILES string of the molecule is COc1ccc(-n2c3ccccc3c3sc4ccccc4c32)cc1. The van der Waals surface area contributed by atoms with Crippen LogP contribution in [0.25, 0.3) is 36.9 Å². The van der Waals surface area contributed by atoms with Gasteiger partial charge in [-0.25, -0.2) is 0 Å². The molecular weight excluding hydrogens is 314 g/mol. The van der Waals surface area contributed by atoms with Crippen molar-refractivity contribution in [2.75, 3.05) is 7.11 Å². The van der Waals surface area contributed by atoms with E-state index in [0.717, 1.165) is 11.4 Å². The molecule has 5 aromatic rings. The minimum Gasteiger partial charge on any atom is -0.497 e. The quantitative estimate of drug-likeness (QED) is 0.387. The molecule has 0 amide bonds. The maximum atomic E-state index is 5.31. The number of aromatic nitrogens is 1. The Labute approximate surface area is 143 Å². The molecule has 3 heteroatoms. The average Bonchev–Trinajstić information content (AvgIpc) is 3.17. The first-order valence-electron chi connectivity index (χ1n) is 7.92. The Balaban J connectivity index is 1.96. The Bertz CT molecular complexity index is 1180. The molecule has 0 aliphatic carbocycles. The lowest BCUT2D eigenvalue weighted by molar-refractivity contribution is 0.415. The number of hydrogen-bond acceptors (Lipinski definition) is 2. The first kappa shape index (κ1) is 13.6. The number of rotatable bonds is 2. The highest BCUT2D eigenvalue weighted by atomic mass is 32.1. The molecule has 0 bridgehead atoms. The molecule has 0 saturated carbocycles. The van der Waals surface area contributed by atoms with E-state index in [0.29, 0.717) is 0 Å². The van der Waals surface area contributed by atoms with Gasteiger partial charge in [-0.05, 0) is 36.4 Å². The molecule has 3 aromatic carbocycles. The lowest BCUT2D eigenvalue weighted by atomic mass is 10.2. The number of hydrogen-bond donors (Lipinski definition) is 0. The first-order chi connectivity index (χ1) is 11.9. The van der Waals surface area contributed by atoms with Crippen molar-refractivity contribution in [3.63, 3.8) is 0 Å². The second-order valence-electron chi connectivity index (χ2n) is 5.83. The van der Waals surface area contributed by atoms with Gasteiger partial charge >= 0.3 is 0 Å². The number of fused-ring (bicyclic) bond motifs is 5. The molecule has 0 aliphatic heterocycles. The van der Waals surface area contributed by atoms with E-state index in [1.165, 1.54) is 31.2 Å². The normalized spacial score (nSPS) is 11.5. The predicted molar refractivity (Wildman–Crippen MR) is 103 cm³/mol. The summed E-state index contributed by atoms with van der Waals surface area (Å²) >= 11 is 1.87. The lowest BCUT2D eigenvalue weighted by Gasteiger charge is -2.08. The maximum Gasteiger partial charge on any atom is 0.119 e. The number of ether oxygens (including phenoxy) is 1. The van der Waals surface area contributed by atoms with Gasteiger partial charge in [-0.3, -0.25) is 0 Å². The summed E-state index contributed by atoms with van der Waals surface area (Å²) in [5.41, 5.74) is 3.70. The molecule has 2 nitrogen and oxygen atoms in total. The molecular formula is C21H15NOS. The summed E-state index contributed by atoms with van der Waals surface area (Å²) in [6.45, 7) is 0. The van der Waals surface area contributed by atoms with Crippen molar-refractivity contribution in [1.82, 2.24) is 4.57 Å². The summed E-state index contributed by atoms with van der Waals surface area (Å²) in [7, 11) is 1.70. The van der Waals surface area contributed by atoms with Gasteiger partial charge in [0.2, 0.25) is 0 Å². The third-order valence-corrected chi connectivity index (χ3v) is 5.71. The van der Waals surface area contributed by atoms with Crippen LogP contribution < -0.4 is 4.74 Å². The van der Waals surface area contributed by atoms with Gasteiger partial charge in [-0.15, -0.1) is 11.3 Å². The van der Waals surface area contributed by atoms with Crippen LogP contribution >= 0.6 is 11.3 Å². The smallest absolute Gasteiger partial charge is 0.119 e. The molecule has 0 atom stereocenters. The third kappa shape index (κ3) is 1.82. The Morgan fingerprint density at radius 2 is 1.50 bits per heavy atom. The average molecular weight is 329 g/mol. The Hall–Kier alpha value is -2.78. The van der Waals surface area contributed by atoms with E-state index in [-0.39, 0.29) is 0 Å². The standard InChI is InChI=1S/C21H15NOS/c1-23-15-12-10-14(11-13-15)22-18-8-4-2-6-16(18)21-20(22)17-7-3-5-9-19(17)24-21/h2-13H,1H3. The summed E-state index contributed by atoms with van der Waals surface area (Å²) in [4.78, 5) is 0. The van der Waals surface area contributed by atoms with Crippen LogP contribution in [0.15, 0.2) is 72.8 Å². The van der Waals surface area contributed by atoms with Crippen LogP contribution in [0.4, 0.5) is 0 Å². The summed E-state index contributed by atoms with van der Waals surface area (Å²) < 4.78 is 10.4. The predicted octanol–water partition coefficient (Wildman–Crippen LogP) is 6.01. The molecule has 2 aromatic heterocycles. The molecule has 0 saturated heterocycles. The van der Waals surface area contributed by atoms with E-state index < -0.39 is 0 Å². The number of benzene rings is 3. The molecule has 2 heterocycles. The van der Waals surface area contributed by atoms with E-state index in [9.17, 15) is 0 Å². The fourth-order valence-corrected chi connectivity index (χ4v) is 4.64. The molecule has 0 unspecified atom stereocenters. The second-order valence-corrected chi connectivity index (χ2v) is 6.88. The largest absolute Gasteiger partial charge is 0.497 e. The fourth-order valence-electron chi connectivity index (χ4n) is 3.42. The number of methoxy groups -OCH3 is 1. The van der Waals surface area contributed by atoms with E-state index in [2.05, 4.69) is 65.2 Å². The lowest BCUT2D eigenvalue weighted by Crippen LogP contribution is -1.93. The molecule has 0 fully saturated rings. The fraction of sp³-hybridized carbons (Fsp3) is 0.0476. The molecule has 0 aliphatic rings. The molecule has 24 heavy (non-hydrogen) atoms. The highest BCUT2D eigenvalue weighted by Crippen LogP contribution is 2.42. The van der Waals surface area contributed by atoms with Crippen LogP contribution in [0.5, 0.6) is 5.75 Å². The third-order valence-electron chi connectivity index (χ3n) is 4.51.